The maximum atomic E-state index is 5.71. The molecule has 1 aromatic rings. The Labute approximate surface area is 105 Å². The van der Waals surface area contributed by atoms with Crippen LogP contribution >= 0.6 is 0 Å². The van der Waals surface area contributed by atoms with Gasteiger partial charge in [-0.05, 0) is 36.6 Å². The minimum absolute atomic E-state index is 0.557. The predicted octanol–water partition coefficient (Wildman–Crippen LogP) is 3.58. The first kappa shape index (κ1) is 14.0. The van der Waals surface area contributed by atoms with E-state index in [1.54, 1.807) is 0 Å². The Hall–Kier alpha value is -1.02. The Bertz CT molecular complexity index is 310. The molecule has 0 amide bonds. The maximum Gasteiger partial charge on any atom is 0.119 e. The number of unbranched alkanes of at least 4 members (excludes halogenated alkanes) is 1. The average molecular weight is 235 g/mol. The SMILES string of the molecule is CCCCNCCOc1cccc(C(C)C)c1. The number of hydrogen-bond donors (Lipinski definition) is 1. The first-order valence-corrected chi connectivity index (χ1v) is 6.67. The van der Waals surface area contributed by atoms with Crippen LogP contribution in [0.25, 0.3) is 0 Å². The first-order chi connectivity index (χ1) is 8.24. The van der Waals surface area contributed by atoms with E-state index in [1.807, 2.05) is 6.07 Å². The van der Waals surface area contributed by atoms with Gasteiger partial charge in [-0.3, -0.25) is 0 Å². The molecule has 0 fully saturated rings. The number of ether oxygens (including phenoxy) is 1. The van der Waals surface area contributed by atoms with Gasteiger partial charge in [-0.2, -0.15) is 0 Å². The lowest BCUT2D eigenvalue weighted by Gasteiger charge is -2.10. The molecule has 0 atom stereocenters. The van der Waals surface area contributed by atoms with E-state index in [1.165, 1.54) is 18.4 Å². The summed E-state index contributed by atoms with van der Waals surface area (Å²) in [5, 5.41) is 3.37. The highest BCUT2D eigenvalue weighted by molar-refractivity contribution is 5.30. The van der Waals surface area contributed by atoms with E-state index >= 15 is 0 Å². The lowest BCUT2D eigenvalue weighted by atomic mass is 10.0. The molecule has 0 unspecified atom stereocenters. The van der Waals surface area contributed by atoms with Gasteiger partial charge in [0.1, 0.15) is 12.4 Å². The largest absolute Gasteiger partial charge is 0.492 e. The summed E-state index contributed by atoms with van der Waals surface area (Å²) in [4.78, 5) is 0. The van der Waals surface area contributed by atoms with Gasteiger partial charge in [0.25, 0.3) is 0 Å². The summed E-state index contributed by atoms with van der Waals surface area (Å²) < 4.78 is 5.71. The molecule has 0 bridgehead atoms. The number of nitrogens with one attached hydrogen (secondary N) is 1. The maximum absolute atomic E-state index is 5.71. The van der Waals surface area contributed by atoms with Crippen molar-refractivity contribution in [3.05, 3.63) is 29.8 Å². The molecular formula is C15H25NO. The zero-order chi connectivity index (χ0) is 12.5. The van der Waals surface area contributed by atoms with Crippen LogP contribution in [0.3, 0.4) is 0 Å². The highest BCUT2D eigenvalue weighted by atomic mass is 16.5. The molecule has 1 rings (SSSR count). The van der Waals surface area contributed by atoms with Gasteiger partial charge in [-0.15, -0.1) is 0 Å². The molecule has 0 saturated carbocycles. The van der Waals surface area contributed by atoms with Gasteiger partial charge < -0.3 is 10.1 Å². The van der Waals surface area contributed by atoms with Gasteiger partial charge in [0.2, 0.25) is 0 Å². The third kappa shape index (κ3) is 5.73. The smallest absolute Gasteiger partial charge is 0.119 e. The van der Waals surface area contributed by atoms with Crippen molar-refractivity contribution in [1.29, 1.82) is 0 Å². The van der Waals surface area contributed by atoms with E-state index in [-0.39, 0.29) is 0 Å². The van der Waals surface area contributed by atoms with Gasteiger partial charge in [0.05, 0.1) is 0 Å². The molecule has 0 aromatic heterocycles. The van der Waals surface area contributed by atoms with Crippen molar-refractivity contribution in [3.63, 3.8) is 0 Å². The third-order valence-corrected chi connectivity index (χ3v) is 2.78. The van der Waals surface area contributed by atoms with Crippen LogP contribution in [0.1, 0.15) is 45.1 Å². The van der Waals surface area contributed by atoms with Crippen LogP contribution in [0.4, 0.5) is 0 Å². The fourth-order valence-corrected chi connectivity index (χ4v) is 1.63. The fourth-order valence-electron chi connectivity index (χ4n) is 1.63. The summed E-state index contributed by atoms with van der Waals surface area (Å²) in [6.45, 7) is 9.36. The van der Waals surface area contributed by atoms with Gasteiger partial charge in [0, 0.05) is 6.54 Å². The van der Waals surface area contributed by atoms with Crippen molar-refractivity contribution in [1.82, 2.24) is 5.32 Å². The Morgan fingerprint density at radius 2 is 2.06 bits per heavy atom. The highest BCUT2D eigenvalue weighted by Gasteiger charge is 2.00. The van der Waals surface area contributed by atoms with E-state index in [0.29, 0.717) is 5.92 Å². The normalized spacial score (nSPS) is 10.8. The van der Waals surface area contributed by atoms with Crippen LogP contribution in [-0.4, -0.2) is 19.7 Å². The Morgan fingerprint density at radius 1 is 1.24 bits per heavy atom. The van der Waals surface area contributed by atoms with Gasteiger partial charge >= 0.3 is 0 Å². The summed E-state index contributed by atoms with van der Waals surface area (Å²) in [6, 6.07) is 8.38. The summed E-state index contributed by atoms with van der Waals surface area (Å²) >= 11 is 0. The van der Waals surface area contributed by atoms with Crippen molar-refractivity contribution >= 4 is 0 Å². The standard InChI is InChI=1S/C15H25NO/c1-4-5-9-16-10-11-17-15-8-6-7-14(12-15)13(2)3/h6-8,12-13,16H,4-5,9-11H2,1-3H3. The lowest BCUT2D eigenvalue weighted by Crippen LogP contribution is -2.21. The molecule has 0 spiro atoms. The highest BCUT2D eigenvalue weighted by Crippen LogP contribution is 2.19. The van der Waals surface area contributed by atoms with Crippen molar-refractivity contribution in [2.45, 2.75) is 39.5 Å². The van der Waals surface area contributed by atoms with E-state index in [9.17, 15) is 0 Å². The number of rotatable bonds is 8. The van der Waals surface area contributed by atoms with Crippen LogP contribution in [-0.2, 0) is 0 Å². The fraction of sp³-hybridized carbons (Fsp3) is 0.600. The Morgan fingerprint density at radius 3 is 2.76 bits per heavy atom. The predicted molar refractivity (Wildman–Crippen MR) is 73.8 cm³/mol. The van der Waals surface area contributed by atoms with Crippen LogP contribution in [0.5, 0.6) is 5.75 Å². The van der Waals surface area contributed by atoms with Crippen LogP contribution in [0.2, 0.25) is 0 Å². The topological polar surface area (TPSA) is 21.3 Å². The molecule has 2 nitrogen and oxygen atoms in total. The van der Waals surface area contributed by atoms with Crippen molar-refractivity contribution in [2.24, 2.45) is 0 Å². The molecule has 2 heteroatoms. The molecule has 0 aliphatic rings. The van der Waals surface area contributed by atoms with Gasteiger partial charge in [0.15, 0.2) is 0 Å². The number of hydrogen-bond acceptors (Lipinski definition) is 2. The molecule has 1 N–H and O–H groups in total. The Kier molecular flexibility index (Phi) is 6.71. The molecule has 1 aromatic carbocycles. The van der Waals surface area contributed by atoms with Gasteiger partial charge in [-0.1, -0.05) is 39.3 Å². The second-order valence-corrected chi connectivity index (χ2v) is 4.68. The minimum Gasteiger partial charge on any atom is -0.492 e. The third-order valence-electron chi connectivity index (χ3n) is 2.78. The second kappa shape index (κ2) is 8.13. The molecule has 96 valence electrons. The Balaban J connectivity index is 2.24. The molecule has 0 aliphatic heterocycles. The van der Waals surface area contributed by atoms with Gasteiger partial charge in [-0.25, -0.2) is 0 Å². The van der Waals surface area contributed by atoms with E-state index in [0.717, 1.165) is 25.4 Å². The van der Waals surface area contributed by atoms with Crippen LogP contribution in [0, 0.1) is 0 Å². The quantitative estimate of drug-likeness (QED) is 0.695. The van der Waals surface area contributed by atoms with E-state index in [4.69, 9.17) is 4.74 Å². The van der Waals surface area contributed by atoms with Crippen molar-refractivity contribution < 1.29 is 4.74 Å². The summed E-state index contributed by atoms with van der Waals surface area (Å²) in [5.41, 5.74) is 1.33. The van der Waals surface area contributed by atoms with E-state index in [2.05, 4.69) is 44.3 Å². The zero-order valence-corrected chi connectivity index (χ0v) is 11.3. The zero-order valence-electron chi connectivity index (χ0n) is 11.3. The molecular weight excluding hydrogens is 210 g/mol. The average Bonchev–Trinajstić information content (AvgIpc) is 2.34. The molecule has 0 heterocycles. The van der Waals surface area contributed by atoms with Crippen LogP contribution < -0.4 is 10.1 Å². The molecule has 0 saturated heterocycles. The summed E-state index contributed by atoms with van der Waals surface area (Å²) in [5.74, 6) is 1.54. The summed E-state index contributed by atoms with van der Waals surface area (Å²) in [7, 11) is 0. The molecule has 17 heavy (non-hydrogen) atoms. The van der Waals surface area contributed by atoms with Crippen LogP contribution in [0.15, 0.2) is 24.3 Å². The molecule has 0 aliphatic carbocycles. The second-order valence-electron chi connectivity index (χ2n) is 4.68. The minimum atomic E-state index is 0.557. The lowest BCUT2D eigenvalue weighted by molar-refractivity contribution is 0.313. The van der Waals surface area contributed by atoms with Crippen molar-refractivity contribution in [3.8, 4) is 5.75 Å². The van der Waals surface area contributed by atoms with Crippen molar-refractivity contribution in [2.75, 3.05) is 19.7 Å². The monoisotopic (exact) mass is 235 g/mol. The first-order valence-electron chi connectivity index (χ1n) is 6.67. The van der Waals surface area contributed by atoms with E-state index < -0.39 is 0 Å². The number of benzene rings is 1. The molecule has 0 radical (unpaired) electrons. The summed E-state index contributed by atoms with van der Waals surface area (Å²) in [6.07, 6.45) is 2.48.